The molecule has 20 heavy (non-hydrogen) atoms. The summed E-state index contributed by atoms with van der Waals surface area (Å²) in [7, 11) is 0. The quantitative estimate of drug-likeness (QED) is 0.498. The molecule has 0 aliphatic carbocycles. The second-order valence-electron chi connectivity index (χ2n) is 4.11. The van der Waals surface area contributed by atoms with Gasteiger partial charge in [0.1, 0.15) is 0 Å². The predicted molar refractivity (Wildman–Crippen MR) is 67.6 cm³/mol. The molecule has 0 spiro atoms. The minimum absolute atomic E-state index is 0. The molecule has 0 aromatic carbocycles. The number of aromatic amines is 2. The van der Waals surface area contributed by atoms with Crippen LogP contribution in [0.25, 0.3) is 0 Å². The van der Waals surface area contributed by atoms with Gasteiger partial charge in [-0.05, 0) is 13.8 Å². The van der Waals surface area contributed by atoms with E-state index in [1.54, 1.807) is 6.92 Å². The molecule has 0 radical (unpaired) electrons. The van der Waals surface area contributed by atoms with Gasteiger partial charge in [-0.15, -0.1) is 10.2 Å². The minimum Gasteiger partial charge on any atom is -1.00 e. The number of nitrogens with one attached hydrogen (secondary N) is 2. The molecule has 0 saturated heterocycles. The van der Waals surface area contributed by atoms with Gasteiger partial charge in [0.2, 0.25) is 0 Å². The number of hydrogen-bond acceptors (Lipinski definition) is 6. The highest BCUT2D eigenvalue weighted by Gasteiger charge is 2.14. The largest absolute Gasteiger partial charge is 1.00 e. The zero-order chi connectivity index (χ0) is 14.0. The lowest BCUT2D eigenvalue weighted by Crippen LogP contribution is -3.00. The number of halogens is 1. The molecule has 0 unspecified atom stereocenters. The molecule has 2 aromatic rings. The van der Waals surface area contributed by atoms with Crippen LogP contribution in [0.5, 0.6) is 0 Å². The van der Waals surface area contributed by atoms with Gasteiger partial charge in [0.15, 0.2) is 6.04 Å². The van der Waals surface area contributed by atoms with Crippen LogP contribution in [-0.4, -0.2) is 20.2 Å². The number of rotatable bonds is 4. The minimum atomic E-state index is -0.512. The van der Waals surface area contributed by atoms with Crippen molar-refractivity contribution in [2.75, 3.05) is 0 Å². The Labute approximate surface area is 124 Å². The lowest BCUT2D eigenvalue weighted by Gasteiger charge is -2.01. The van der Waals surface area contributed by atoms with Crippen molar-refractivity contribution in [1.82, 2.24) is 20.2 Å². The molecule has 0 aliphatic heterocycles. The fraction of sp³-hybridized carbons (Fsp3) is 0.400. The Hall–Kier alpha value is -1.58. The van der Waals surface area contributed by atoms with Gasteiger partial charge in [0.05, 0.1) is 0 Å². The molecule has 2 heterocycles. The molecule has 10 heteroatoms. The maximum Gasteiger partial charge on any atom is 0.325 e. The number of H-pyrrole nitrogens is 2. The molecule has 5 N–H and O–H groups in total. The first-order valence-corrected chi connectivity index (χ1v) is 6.57. The zero-order valence-electron chi connectivity index (χ0n) is 10.9. The Morgan fingerprint density at radius 1 is 1.35 bits per heavy atom. The Morgan fingerprint density at radius 2 is 2.05 bits per heavy atom. The number of hydrogen-bond donors (Lipinski definition) is 3. The van der Waals surface area contributed by atoms with Gasteiger partial charge in [0.25, 0.3) is 16.7 Å². The van der Waals surface area contributed by atoms with Crippen molar-refractivity contribution in [2.24, 2.45) is 0 Å². The Bertz CT molecular complexity index is 693. The second-order valence-corrected chi connectivity index (χ2v) is 5.03. The maximum absolute atomic E-state index is 11.6. The number of aromatic nitrogens is 4. The van der Waals surface area contributed by atoms with E-state index >= 15 is 0 Å². The van der Waals surface area contributed by atoms with Gasteiger partial charge >= 0.3 is 5.69 Å². The number of aryl methyl sites for hydroxylation is 1. The van der Waals surface area contributed by atoms with Gasteiger partial charge in [-0.1, -0.05) is 11.8 Å². The van der Waals surface area contributed by atoms with Crippen LogP contribution in [0.2, 0.25) is 0 Å². The third-order valence-corrected chi connectivity index (χ3v) is 3.28. The summed E-state index contributed by atoms with van der Waals surface area (Å²) in [6, 6.07) is -0.0833. The predicted octanol–water partition coefficient (Wildman–Crippen LogP) is -3.65. The fourth-order valence-electron chi connectivity index (χ4n) is 1.41. The van der Waals surface area contributed by atoms with Crippen LogP contribution < -0.4 is 29.4 Å². The first-order valence-electron chi connectivity index (χ1n) is 5.58. The Kier molecular flexibility index (Phi) is 5.54. The van der Waals surface area contributed by atoms with Crippen LogP contribution in [0.1, 0.15) is 30.1 Å². The number of quaternary nitrogens is 1. The molecule has 2 aromatic heterocycles. The molecule has 8 nitrogen and oxygen atoms in total. The van der Waals surface area contributed by atoms with Crippen LogP contribution in [0, 0.1) is 6.92 Å². The van der Waals surface area contributed by atoms with Gasteiger partial charge < -0.3 is 27.5 Å². The van der Waals surface area contributed by atoms with Crippen LogP contribution in [0.4, 0.5) is 0 Å². The maximum atomic E-state index is 11.6. The van der Waals surface area contributed by atoms with Crippen molar-refractivity contribution in [3.63, 3.8) is 0 Å². The van der Waals surface area contributed by atoms with Crippen LogP contribution in [-0.2, 0) is 5.75 Å². The van der Waals surface area contributed by atoms with Crippen molar-refractivity contribution in [3.8, 4) is 0 Å². The van der Waals surface area contributed by atoms with Crippen molar-refractivity contribution in [2.45, 2.75) is 30.9 Å². The van der Waals surface area contributed by atoms with Crippen molar-refractivity contribution >= 4 is 11.8 Å². The van der Waals surface area contributed by atoms with Crippen molar-refractivity contribution in [1.29, 1.82) is 0 Å². The number of nitrogens with zero attached hydrogens (tertiary/aromatic N) is 2. The molecule has 0 aliphatic rings. The Morgan fingerprint density at radius 3 is 2.60 bits per heavy atom. The first kappa shape index (κ1) is 16.5. The fourth-order valence-corrected chi connectivity index (χ4v) is 2.27. The topological polar surface area (TPSA) is 132 Å². The van der Waals surface area contributed by atoms with Crippen LogP contribution in [0.15, 0.2) is 19.2 Å². The summed E-state index contributed by atoms with van der Waals surface area (Å²) in [6.45, 7) is 3.52. The molecule has 0 amide bonds. The summed E-state index contributed by atoms with van der Waals surface area (Å²) in [5, 5.41) is 8.07. The molecule has 1 atom stereocenters. The third kappa shape index (κ3) is 3.71. The molecular weight excluding hydrogens is 306 g/mol. The van der Waals surface area contributed by atoms with E-state index in [9.17, 15) is 9.59 Å². The van der Waals surface area contributed by atoms with E-state index in [4.69, 9.17) is 4.42 Å². The lowest BCUT2D eigenvalue weighted by atomic mass is 10.3. The highest BCUT2D eigenvalue weighted by molar-refractivity contribution is 7.98. The monoisotopic (exact) mass is 319 g/mol. The molecule has 0 fully saturated rings. The molecule has 0 saturated carbocycles. The van der Waals surface area contributed by atoms with E-state index in [0.717, 1.165) is 0 Å². The summed E-state index contributed by atoms with van der Waals surface area (Å²) in [5.74, 6) is 0.792. The summed E-state index contributed by atoms with van der Waals surface area (Å²) in [4.78, 5) is 27.4. The highest BCUT2D eigenvalue weighted by Crippen LogP contribution is 2.21. The molecule has 110 valence electrons. The third-order valence-electron chi connectivity index (χ3n) is 2.44. The van der Waals surface area contributed by atoms with Crippen molar-refractivity contribution < 1.29 is 22.6 Å². The normalized spacial score (nSPS) is 11.9. The summed E-state index contributed by atoms with van der Waals surface area (Å²) in [5.41, 5.74) is 3.88. The van der Waals surface area contributed by atoms with E-state index in [1.807, 2.05) is 6.92 Å². The molecular formula is C10H14ClN5O3S. The van der Waals surface area contributed by atoms with E-state index in [-0.39, 0.29) is 18.4 Å². The van der Waals surface area contributed by atoms with E-state index in [1.165, 1.54) is 11.8 Å². The zero-order valence-corrected chi connectivity index (χ0v) is 12.5. The van der Waals surface area contributed by atoms with E-state index in [0.29, 0.717) is 28.1 Å². The van der Waals surface area contributed by atoms with Gasteiger partial charge in [-0.25, -0.2) is 4.79 Å². The van der Waals surface area contributed by atoms with E-state index in [2.05, 4.69) is 25.9 Å². The van der Waals surface area contributed by atoms with Gasteiger partial charge in [-0.3, -0.25) is 9.78 Å². The SMILES string of the molecule is Cc1[nH]c(=O)[nH]c(=O)c1CSc1nnc([C@H](C)[NH3+])o1.[Cl-]. The standard InChI is InChI=1S/C10H13N5O3S.ClH/c1-4(11)8-14-15-10(18-8)19-3-6-5(2)12-9(17)13-7(6)16;/h4H,3,11H2,1-2H3,(H2,12,13,16,17);1H/t4-;/m0./s1. The number of thioether (sulfide) groups is 1. The average molecular weight is 320 g/mol. The summed E-state index contributed by atoms with van der Waals surface area (Å²) < 4.78 is 5.36. The lowest BCUT2D eigenvalue weighted by molar-refractivity contribution is -0.425. The van der Waals surface area contributed by atoms with Crippen LogP contribution >= 0.6 is 11.8 Å². The summed E-state index contributed by atoms with van der Waals surface area (Å²) in [6.07, 6.45) is 0. The van der Waals surface area contributed by atoms with Crippen LogP contribution in [0.3, 0.4) is 0 Å². The summed E-state index contributed by atoms with van der Waals surface area (Å²) >= 11 is 1.24. The first-order chi connectivity index (χ1) is 8.97. The molecule has 0 bridgehead atoms. The average Bonchev–Trinajstić information content (AvgIpc) is 2.76. The van der Waals surface area contributed by atoms with E-state index < -0.39 is 11.2 Å². The highest BCUT2D eigenvalue weighted by atomic mass is 35.5. The Balaban J connectivity index is 0.00000200. The molecule has 2 rings (SSSR count). The van der Waals surface area contributed by atoms with Gasteiger partial charge in [-0.2, -0.15) is 0 Å². The smallest absolute Gasteiger partial charge is 0.325 e. The van der Waals surface area contributed by atoms with Gasteiger partial charge in [0, 0.05) is 17.0 Å². The second kappa shape index (κ2) is 6.73. The van der Waals surface area contributed by atoms with Crippen molar-refractivity contribution in [3.05, 3.63) is 38.0 Å².